The molecular formula is C8H17NO3. The van der Waals surface area contributed by atoms with E-state index in [4.69, 9.17) is 10.2 Å². The van der Waals surface area contributed by atoms with E-state index in [0.717, 1.165) is 6.42 Å². The van der Waals surface area contributed by atoms with E-state index >= 15 is 0 Å². The molecule has 0 amide bonds. The molecule has 3 N–H and O–H groups in total. The summed E-state index contributed by atoms with van der Waals surface area (Å²) < 4.78 is 0. The Morgan fingerprint density at radius 2 is 2.17 bits per heavy atom. The maximum absolute atomic E-state index is 10.4. The Morgan fingerprint density at radius 1 is 1.58 bits per heavy atom. The minimum absolute atomic E-state index is 0.0202. The van der Waals surface area contributed by atoms with Gasteiger partial charge in [-0.1, -0.05) is 13.8 Å². The fourth-order valence-electron chi connectivity index (χ4n) is 0.769. The maximum Gasteiger partial charge on any atom is 0.307 e. The van der Waals surface area contributed by atoms with Gasteiger partial charge >= 0.3 is 5.97 Å². The second-order valence-electron chi connectivity index (χ2n) is 2.94. The third-order valence-corrected chi connectivity index (χ3v) is 1.85. The molecule has 12 heavy (non-hydrogen) atoms. The monoisotopic (exact) mass is 175 g/mol. The number of aliphatic hydroxyl groups excluding tert-OH is 1. The molecule has 0 radical (unpaired) electrons. The summed E-state index contributed by atoms with van der Waals surface area (Å²) in [4.78, 5) is 10.4. The summed E-state index contributed by atoms with van der Waals surface area (Å²) >= 11 is 0. The fourth-order valence-corrected chi connectivity index (χ4v) is 0.769. The van der Waals surface area contributed by atoms with Crippen molar-refractivity contribution in [3.8, 4) is 0 Å². The number of rotatable bonds is 6. The van der Waals surface area contributed by atoms with Crippen LogP contribution in [0, 0.1) is 5.92 Å². The second kappa shape index (κ2) is 5.97. The molecule has 0 saturated carbocycles. The lowest BCUT2D eigenvalue weighted by Gasteiger charge is -2.15. The van der Waals surface area contributed by atoms with Crippen molar-refractivity contribution >= 4 is 5.97 Å². The predicted octanol–water partition coefficient (Wildman–Crippen LogP) is 0.0676. The molecule has 0 heterocycles. The minimum Gasteiger partial charge on any atom is -0.481 e. The van der Waals surface area contributed by atoms with Crippen molar-refractivity contribution in [3.63, 3.8) is 0 Å². The highest BCUT2D eigenvalue weighted by molar-refractivity contribution is 5.69. The van der Waals surface area contributed by atoms with Crippen LogP contribution in [0.1, 0.15) is 20.3 Å². The number of carboxylic acid groups (broad SMARTS) is 1. The lowest BCUT2D eigenvalue weighted by Crippen LogP contribution is -2.36. The highest BCUT2D eigenvalue weighted by Crippen LogP contribution is 1.95. The predicted molar refractivity (Wildman–Crippen MR) is 46.0 cm³/mol. The first-order chi connectivity index (χ1) is 5.61. The van der Waals surface area contributed by atoms with Crippen molar-refractivity contribution in [2.75, 3.05) is 13.2 Å². The highest BCUT2D eigenvalue weighted by atomic mass is 16.4. The Labute approximate surface area is 72.6 Å². The van der Waals surface area contributed by atoms with E-state index in [-0.39, 0.29) is 12.6 Å². The molecule has 0 aromatic rings. The second-order valence-corrected chi connectivity index (χ2v) is 2.94. The van der Waals surface area contributed by atoms with Gasteiger partial charge in [-0.3, -0.25) is 4.79 Å². The zero-order chi connectivity index (χ0) is 9.56. The molecule has 4 nitrogen and oxygen atoms in total. The summed E-state index contributed by atoms with van der Waals surface area (Å²) in [5.41, 5.74) is 0. The first-order valence-electron chi connectivity index (χ1n) is 4.18. The van der Waals surface area contributed by atoms with Crippen molar-refractivity contribution < 1.29 is 15.0 Å². The van der Waals surface area contributed by atoms with Crippen LogP contribution in [0.4, 0.5) is 0 Å². The molecule has 4 heteroatoms. The van der Waals surface area contributed by atoms with Gasteiger partial charge in [0, 0.05) is 12.6 Å². The number of hydrogen-bond acceptors (Lipinski definition) is 3. The Balaban J connectivity index is 3.58. The molecule has 0 aliphatic carbocycles. The first kappa shape index (κ1) is 11.4. The number of aliphatic carboxylic acids is 1. The molecule has 2 unspecified atom stereocenters. The molecule has 0 aromatic heterocycles. The van der Waals surface area contributed by atoms with Gasteiger partial charge in [-0.2, -0.15) is 0 Å². The molecule has 2 atom stereocenters. The molecule has 0 aliphatic rings. The largest absolute Gasteiger partial charge is 0.481 e. The molecule has 0 rings (SSSR count). The van der Waals surface area contributed by atoms with Crippen LogP contribution in [0.3, 0.4) is 0 Å². The lowest BCUT2D eigenvalue weighted by molar-refractivity contribution is -0.141. The zero-order valence-corrected chi connectivity index (χ0v) is 7.58. The van der Waals surface area contributed by atoms with Gasteiger partial charge in [0.25, 0.3) is 0 Å². The van der Waals surface area contributed by atoms with Gasteiger partial charge in [0.15, 0.2) is 0 Å². The van der Waals surface area contributed by atoms with E-state index < -0.39 is 11.9 Å². The Hall–Kier alpha value is -0.610. The van der Waals surface area contributed by atoms with Crippen molar-refractivity contribution in [1.82, 2.24) is 5.32 Å². The van der Waals surface area contributed by atoms with Crippen molar-refractivity contribution in [1.29, 1.82) is 0 Å². The van der Waals surface area contributed by atoms with Crippen LogP contribution in [0.2, 0.25) is 0 Å². The van der Waals surface area contributed by atoms with E-state index in [9.17, 15) is 4.79 Å². The van der Waals surface area contributed by atoms with Gasteiger partial charge < -0.3 is 15.5 Å². The average Bonchev–Trinajstić information content (AvgIpc) is 2.05. The summed E-state index contributed by atoms with van der Waals surface area (Å²) in [6.45, 7) is 4.05. The Morgan fingerprint density at radius 3 is 2.50 bits per heavy atom. The van der Waals surface area contributed by atoms with Gasteiger partial charge in [-0.25, -0.2) is 0 Å². The fraction of sp³-hybridized carbons (Fsp3) is 0.875. The van der Waals surface area contributed by atoms with E-state index in [2.05, 4.69) is 5.32 Å². The summed E-state index contributed by atoms with van der Waals surface area (Å²) in [5, 5.41) is 20.3. The number of carbonyl (C=O) groups is 1. The summed E-state index contributed by atoms with van der Waals surface area (Å²) in [5.74, 6) is -1.21. The number of nitrogens with one attached hydrogen (secondary N) is 1. The van der Waals surface area contributed by atoms with Crippen molar-refractivity contribution in [2.24, 2.45) is 5.92 Å². The van der Waals surface area contributed by atoms with Crippen molar-refractivity contribution in [2.45, 2.75) is 26.3 Å². The van der Waals surface area contributed by atoms with Crippen LogP contribution in [0.25, 0.3) is 0 Å². The first-order valence-corrected chi connectivity index (χ1v) is 4.18. The normalized spacial score (nSPS) is 15.6. The average molecular weight is 175 g/mol. The van der Waals surface area contributed by atoms with Crippen LogP contribution < -0.4 is 5.32 Å². The molecule has 0 aliphatic heterocycles. The molecule has 0 fully saturated rings. The maximum atomic E-state index is 10.4. The van der Waals surface area contributed by atoms with Gasteiger partial charge in [0.05, 0.1) is 12.5 Å². The quantitative estimate of drug-likeness (QED) is 0.534. The smallest absolute Gasteiger partial charge is 0.307 e. The van der Waals surface area contributed by atoms with E-state index in [0.29, 0.717) is 6.54 Å². The standard InChI is InChI=1S/C8H17NO3/c1-3-7(5-10)9-4-6(2)8(11)12/h6-7,9-10H,3-5H2,1-2H3,(H,11,12). The summed E-state index contributed by atoms with van der Waals surface area (Å²) in [6, 6.07) is 0.0202. The summed E-state index contributed by atoms with van der Waals surface area (Å²) in [6.07, 6.45) is 0.808. The third kappa shape index (κ3) is 4.31. The van der Waals surface area contributed by atoms with E-state index in [1.54, 1.807) is 6.92 Å². The van der Waals surface area contributed by atoms with Crippen LogP contribution in [-0.4, -0.2) is 35.4 Å². The number of hydrogen-bond donors (Lipinski definition) is 3. The molecule has 0 saturated heterocycles. The number of aliphatic hydroxyl groups is 1. The van der Waals surface area contributed by atoms with Crippen LogP contribution >= 0.6 is 0 Å². The molecule has 0 aromatic carbocycles. The third-order valence-electron chi connectivity index (χ3n) is 1.85. The highest BCUT2D eigenvalue weighted by Gasteiger charge is 2.12. The number of carboxylic acids is 1. The van der Waals surface area contributed by atoms with Crippen LogP contribution in [0.5, 0.6) is 0 Å². The molecular weight excluding hydrogens is 158 g/mol. The van der Waals surface area contributed by atoms with Crippen molar-refractivity contribution in [3.05, 3.63) is 0 Å². The molecule has 0 spiro atoms. The molecule has 0 bridgehead atoms. The van der Waals surface area contributed by atoms with E-state index in [1.165, 1.54) is 0 Å². The Kier molecular flexibility index (Phi) is 5.66. The van der Waals surface area contributed by atoms with Gasteiger partial charge in [-0.15, -0.1) is 0 Å². The van der Waals surface area contributed by atoms with E-state index in [1.807, 2.05) is 6.92 Å². The SMILES string of the molecule is CCC(CO)NCC(C)C(=O)O. The lowest BCUT2D eigenvalue weighted by atomic mass is 10.1. The van der Waals surface area contributed by atoms with Crippen LogP contribution in [-0.2, 0) is 4.79 Å². The zero-order valence-electron chi connectivity index (χ0n) is 7.58. The van der Waals surface area contributed by atoms with Gasteiger partial charge in [0.1, 0.15) is 0 Å². The molecule has 72 valence electrons. The van der Waals surface area contributed by atoms with Crippen LogP contribution in [0.15, 0.2) is 0 Å². The Bertz CT molecular complexity index is 134. The minimum atomic E-state index is -0.810. The van der Waals surface area contributed by atoms with Gasteiger partial charge in [-0.05, 0) is 6.42 Å². The topological polar surface area (TPSA) is 69.6 Å². The van der Waals surface area contributed by atoms with Gasteiger partial charge in [0.2, 0.25) is 0 Å². The summed E-state index contributed by atoms with van der Waals surface area (Å²) in [7, 11) is 0.